The van der Waals surface area contributed by atoms with Gasteiger partial charge in [-0.3, -0.25) is 4.98 Å². The van der Waals surface area contributed by atoms with E-state index in [1.165, 1.54) is 14.2 Å². The number of hydrogen-bond donors (Lipinski definition) is 1. The number of rotatable bonds is 9. The first-order valence-corrected chi connectivity index (χ1v) is 12.6. The van der Waals surface area contributed by atoms with Gasteiger partial charge in [0.2, 0.25) is 5.88 Å². The third-order valence-electron chi connectivity index (χ3n) is 6.96. The van der Waals surface area contributed by atoms with E-state index in [2.05, 4.69) is 11.1 Å². The van der Waals surface area contributed by atoms with Crippen LogP contribution < -0.4 is 9.47 Å². The predicted molar refractivity (Wildman–Crippen MR) is 149 cm³/mol. The lowest BCUT2D eigenvalue weighted by molar-refractivity contribution is 0.00262. The molecule has 0 saturated carbocycles. The van der Waals surface area contributed by atoms with Crippen molar-refractivity contribution in [3.63, 3.8) is 0 Å². The SMILES string of the molecule is COc1cccc(C(c2cc3cc(C#N)ccc3nc2OC)C(O)(CCN(C)C)c2cc(C)nc(C)c2)c1F. The highest BCUT2D eigenvalue weighted by Gasteiger charge is 2.44. The van der Waals surface area contributed by atoms with Gasteiger partial charge in [-0.25, -0.2) is 9.37 Å². The van der Waals surface area contributed by atoms with Gasteiger partial charge in [-0.05, 0) is 82.4 Å². The molecule has 1 N–H and O–H groups in total. The Bertz CT molecular complexity index is 1530. The van der Waals surface area contributed by atoms with Crippen molar-refractivity contribution in [2.24, 2.45) is 0 Å². The van der Waals surface area contributed by atoms with Crippen molar-refractivity contribution in [2.75, 3.05) is 34.9 Å². The van der Waals surface area contributed by atoms with Crippen molar-refractivity contribution >= 4 is 10.9 Å². The fourth-order valence-corrected chi connectivity index (χ4v) is 5.14. The molecule has 2 unspecified atom stereocenters. The molecule has 0 bridgehead atoms. The summed E-state index contributed by atoms with van der Waals surface area (Å²) in [6, 6.07) is 17.7. The van der Waals surface area contributed by atoms with Crippen molar-refractivity contribution < 1.29 is 19.0 Å². The van der Waals surface area contributed by atoms with Gasteiger partial charge in [0.25, 0.3) is 0 Å². The van der Waals surface area contributed by atoms with E-state index in [0.29, 0.717) is 34.1 Å². The zero-order valence-corrected chi connectivity index (χ0v) is 23.1. The highest BCUT2D eigenvalue weighted by atomic mass is 19.1. The van der Waals surface area contributed by atoms with E-state index in [1.54, 1.807) is 36.4 Å². The zero-order valence-electron chi connectivity index (χ0n) is 23.1. The van der Waals surface area contributed by atoms with Crippen LogP contribution in [-0.4, -0.2) is 54.8 Å². The number of hydrogen-bond acceptors (Lipinski definition) is 7. The summed E-state index contributed by atoms with van der Waals surface area (Å²) in [4.78, 5) is 11.2. The summed E-state index contributed by atoms with van der Waals surface area (Å²) in [5, 5.41) is 23.0. The summed E-state index contributed by atoms with van der Waals surface area (Å²) >= 11 is 0. The number of aromatic nitrogens is 2. The van der Waals surface area contributed by atoms with Crippen LogP contribution in [-0.2, 0) is 5.60 Å². The summed E-state index contributed by atoms with van der Waals surface area (Å²) in [5.74, 6) is -1.21. The molecule has 0 saturated heterocycles. The van der Waals surface area contributed by atoms with E-state index in [9.17, 15) is 10.4 Å². The van der Waals surface area contributed by atoms with E-state index in [1.807, 2.05) is 51.0 Å². The standard InChI is InChI=1S/C31H33FN4O3/c1-19-14-23(15-20(2)34-19)31(37,12-13-36(3)4)28(24-8-7-9-27(38-5)29(24)32)25-17-22-16-21(18-33)10-11-26(22)35-30(25)39-6/h7-11,14-17,28,37H,12-13H2,1-6H3. The molecule has 4 aromatic rings. The second-order valence-electron chi connectivity index (χ2n) is 10.0. The first-order chi connectivity index (χ1) is 18.6. The molecule has 0 fully saturated rings. The molecular formula is C31H33FN4O3. The Hall–Kier alpha value is -4.06. The molecule has 2 aromatic heterocycles. The minimum absolute atomic E-state index is 0.0639. The third-order valence-corrected chi connectivity index (χ3v) is 6.96. The third kappa shape index (κ3) is 5.56. The first kappa shape index (κ1) is 28.0. The Morgan fingerprint density at radius 1 is 1.00 bits per heavy atom. The van der Waals surface area contributed by atoms with Crippen LogP contribution in [0.15, 0.2) is 54.6 Å². The maximum Gasteiger partial charge on any atom is 0.217 e. The number of benzene rings is 2. The molecule has 0 radical (unpaired) electrons. The number of ether oxygens (including phenoxy) is 2. The number of halogens is 1. The van der Waals surface area contributed by atoms with Crippen LogP contribution in [0.5, 0.6) is 11.6 Å². The Kier molecular flexibility index (Phi) is 8.14. The predicted octanol–water partition coefficient (Wildman–Crippen LogP) is 5.25. The van der Waals surface area contributed by atoms with Gasteiger partial charge in [-0.2, -0.15) is 5.26 Å². The monoisotopic (exact) mass is 528 g/mol. The second-order valence-corrected chi connectivity index (χ2v) is 10.0. The summed E-state index contributed by atoms with van der Waals surface area (Å²) in [5.41, 5.74) is 2.28. The van der Waals surface area contributed by atoms with E-state index in [0.717, 1.165) is 11.4 Å². The van der Waals surface area contributed by atoms with Crippen molar-refractivity contribution in [1.29, 1.82) is 5.26 Å². The van der Waals surface area contributed by atoms with E-state index in [-0.39, 0.29) is 23.6 Å². The fraction of sp³-hybridized carbons (Fsp3) is 0.323. The number of aryl methyl sites for hydroxylation is 2. The lowest BCUT2D eigenvalue weighted by Gasteiger charge is -2.39. The molecule has 0 spiro atoms. The highest BCUT2D eigenvalue weighted by molar-refractivity contribution is 5.82. The minimum Gasteiger partial charge on any atom is -0.494 e. The number of aliphatic hydroxyl groups is 1. The lowest BCUT2D eigenvalue weighted by atomic mass is 9.71. The Morgan fingerprint density at radius 3 is 2.33 bits per heavy atom. The van der Waals surface area contributed by atoms with Gasteiger partial charge in [-0.1, -0.05) is 12.1 Å². The number of nitrogens with zero attached hydrogens (tertiary/aromatic N) is 4. The minimum atomic E-state index is -1.61. The van der Waals surface area contributed by atoms with Crippen molar-refractivity contribution in [3.8, 4) is 17.7 Å². The molecule has 0 amide bonds. The second kappa shape index (κ2) is 11.4. The zero-order chi connectivity index (χ0) is 28.3. The van der Waals surface area contributed by atoms with Crippen LogP contribution in [0, 0.1) is 31.0 Å². The highest BCUT2D eigenvalue weighted by Crippen LogP contribution is 2.49. The Labute approximate surface area is 228 Å². The average molecular weight is 529 g/mol. The molecule has 8 heteroatoms. The maximum absolute atomic E-state index is 16.1. The maximum atomic E-state index is 16.1. The molecule has 2 aromatic carbocycles. The van der Waals surface area contributed by atoms with Crippen LogP contribution in [0.25, 0.3) is 10.9 Å². The summed E-state index contributed by atoms with van der Waals surface area (Å²) < 4.78 is 27.2. The Morgan fingerprint density at radius 2 is 1.72 bits per heavy atom. The summed E-state index contributed by atoms with van der Waals surface area (Å²) in [6.07, 6.45) is 0.267. The van der Waals surface area contributed by atoms with Gasteiger partial charge in [0.05, 0.1) is 37.3 Å². The first-order valence-electron chi connectivity index (χ1n) is 12.6. The van der Waals surface area contributed by atoms with E-state index < -0.39 is 17.3 Å². The van der Waals surface area contributed by atoms with Crippen LogP contribution in [0.2, 0.25) is 0 Å². The number of methoxy groups -OCH3 is 2. The van der Waals surface area contributed by atoms with Crippen LogP contribution in [0.1, 0.15) is 46.0 Å². The molecule has 7 nitrogen and oxygen atoms in total. The van der Waals surface area contributed by atoms with Crippen molar-refractivity contribution in [3.05, 3.63) is 94.1 Å². The lowest BCUT2D eigenvalue weighted by Crippen LogP contribution is -2.38. The van der Waals surface area contributed by atoms with Crippen LogP contribution in [0.3, 0.4) is 0 Å². The summed E-state index contributed by atoms with van der Waals surface area (Å²) in [6.45, 7) is 4.25. The quantitative estimate of drug-likeness (QED) is 0.317. The summed E-state index contributed by atoms with van der Waals surface area (Å²) in [7, 11) is 6.75. The number of fused-ring (bicyclic) bond motifs is 1. The van der Waals surface area contributed by atoms with Gasteiger partial charge in [0, 0.05) is 34.4 Å². The van der Waals surface area contributed by atoms with Crippen LogP contribution >= 0.6 is 0 Å². The van der Waals surface area contributed by atoms with E-state index >= 15 is 4.39 Å². The van der Waals surface area contributed by atoms with Gasteiger partial charge in [0.1, 0.15) is 5.60 Å². The molecule has 2 atom stereocenters. The number of pyridine rings is 2. The molecular weight excluding hydrogens is 495 g/mol. The van der Waals surface area contributed by atoms with Gasteiger partial charge in [-0.15, -0.1) is 0 Å². The van der Waals surface area contributed by atoms with Gasteiger partial charge in [0.15, 0.2) is 11.6 Å². The molecule has 4 rings (SSSR count). The normalized spacial score (nSPS) is 13.6. The van der Waals surface area contributed by atoms with Crippen LogP contribution in [0.4, 0.5) is 4.39 Å². The van der Waals surface area contributed by atoms with E-state index in [4.69, 9.17) is 14.5 Å². The van der Waals surface area contributed by atoms with Gasteiger partial charge < -0.3 is 19.5 Å². The molecule has 202 valence electrons. The molecule has 0 aliphatic carbocycles. The molecule has 0 aliphatic rings. The molecule has 2 heterocycles. The molecule has 0 aliphatic heterocycles. The largest absolute Gasteiger partial charge is 0.494 e. The number of nitriles is 1. The smallest absolute Gasteiger partial charge is 0.217 e. The van der Waals surface area contributed by atoms with Crippen molar-refractivity contribution in [1.82, 2.24) is 14.9 Å². The Balaban J connectivity index is 2.12. The fourth-order valence-electron chi connectivity index (χ4n) is 5.14. The topological polar surface area (TPSA) is 91.5 Å². The van der Waals surface area contributed by atoms with Crippen molar-refractivity contribution in [2.45, 2.75) is 31.8 Å². The average Bonchev–Trinajstić information content (AvgIpc) is 2.91. The molecule has 39 heavy (non-hydrogen) atoms. The van der Waals surface area contributed by atoms with Gasteiger partial charge >= 0.3 is 0 Å².